The van der Waals surface area contributed by atoms with Gasteiger partial charge >= 0.3 is 0 Å². The van der Waals surface area contributed by atoms with Crippen LogP contribution in [0.3, 0.4) is 0 Å². The highest BCUT2D eigenvalue weighted by molar-refractivity contribution is 5.94. The lowest BCUT2D eigenvalue weighted by atomic mass is 9.89. The summed E-state index contributed by atoms with van der Waals surface area (Å²) in [4.78, 5) is 11.6. The van der Waals surface area contributed by atoms with Crippen LogP contribution >= 0.6 is 0 Å². The Morgan fingerprint density at radius 3 is 2.54 bits per heavy atom. The van der Waals surface area contributed by atoms with E-state index in [0.717, 1.165) is 18.4 Å². The molecule has 0 spiro atoms. The molecule has 2 nitrogen and oxygen atoms in total. The third kappa shape index (κ3) is 2.87. The Morgan fingerprint density at radius 1 is 1.54 bits per heavy atom. The van der Waals surface area contributed by atoms with Gasteiger partial charge in [0.25, 0.3) is 0 Å². The fraction of sp³-hybridized carbons (Fsp3) is 0.727. The van der Waals surface area contributed by atoms with Crippen LogP contribution in [-0.2, 0) is 4.79 Å². The first-order valence-corrected chi connectivity index (χ1v) is 4.91. The summed E-state index contributed by atoms with van der Waals surface area (Å²) in [6.45, 7) is 8.36. The van der Waals surface area contributed by atoms with Crippen LogP contribution in [-0.4, -0.2) is 11.9 Å². The molecule has 0 unspecified atom stereocenters. The smallest absolute Gasteiger partial charge is 0.247 e. The second-order valence-electron chi connectivity index (χ2n) is 4.90. The van der Waals surface area contributed by atoms with Gasteiger partial charge in [-0.15, -0.1) is 0 Å². The van der Waals surface area contributed by atoms with Crippen molar-refractivity contribution >= 4 is 5.91 Å². The van der Waals surface area contributed by atoms with Crippen molar-refractivity contribution in [3.05, 3.63) is 11.6 Å². The Morgan fingerprint density at radius 2 is 2.15 bits per heavy atom. The van der Waals surface area contributed by atoms with Crippen molar-refractivity contribution in [3.8, 4) is 0 Å². The first kappa shape index (κ1) is 10.3. The number of allylic oxidation sites excluding steroid dienone is 1. The van der Waals surface area contributed by atoms with Crippen LogP contribution in [0.5, 0.6) is 0 Å². The normalized spacial score (nSPS) is 20.2. The summed E-state index contributed by atoms with van der Waals surface area (Å²) in [5, 5.41) is 2.92. The number of nitrogens with one attached hydrogen (secondary N) is 1. The third-order valence-electron chi connectivity index (χ3n) is 2.28. The number of carbonyl (C=O) groups excluding carboxylic acids is 1. The highest BCUT2D eigenvalue weighted by atomic mass is 16.1. The van der Waals surface area contributed by atoms with E-state index in [1.165, 1.54) is 0 Å². The van der Waals surface area contributed by atoms with Gasteiger partial charge in [-0.3, -0.25) is 4.79 Å². The van der Waals surface area contributed by atoms with Crippen molar-refractivity contribution in [1.29, 1.82) is 0 Å². The van der Waals surface area contributed by atoms with Gasteiger partial charge in [0.2, 0.25) is 5.91 Å². The Balaban J connectivity index is 2.51. The molecular weight excluding hydrogens is 162 g/mol. The molecule has 0 aromatic carbocycles. The summed E-state index contributed by atoms with van der Waals surface area (Å²) in [7, 11) is 0. The lowest BCUT2D eigenvalue weighted by Gasteiger charge is -2.17. The van der Waals surface area contributed by atoms with Crippen LogP contribution in [0.4, 0.5) is 0 Å². The van der Waals surface area contributed by atoms with Crippen LogP contribution < -0.4 is 5.32 Å². The molecule has 0 bridgehead atoms. The van der Waals surface area contributed by atoms with Crippen LogP contribution in [0.2, 0.25) is 0 Å². The first-order valence-electron chi connectivity index (χ1n) is 4.91. The van der Waals surface area contributed by atoms with Gasteiger partial charge in [0.05, 0.1) is 0 Å². The highest BCUT2D eigenvalue weighted by Crippen LogP contribution is 2.36. The largest absolute Gasteiger partial charge is 0.350 e. The number of hydrogen-bond donors (Lipinski definition) is 1. The monoisotopic (exact) mass is 181 g/mol. The van der Waals surface area contributed by atoms with Gasteiger partial charge < -0.3 is 5.32 Å². The van der Waals surface area contributed by atoms with E-state index in [-0.39, 0.29) is 17.4 Å². The molecule has 0 aromatic heterocycles. The number of hydrogen-bond acceptors (Lipinski definition) is 1. The number of carbonyl (C=O) groups is 1. The lowest BCUT2D eigenvalue weighted by molar-refractivity contribution is -0.118. The Hall–Kier alpha value is -0.790. The standard InChI is InChI=1S/C11H19NO/c1-8(2)12-10(13)9-5-6-11(3,4)7-9/h5,8H,6-7H2,1-4H3,(H,12,13). The molecule has 0 atom stereocenters. The lowest BCUT2D eigenvalue weighted by Crippen LogP contribution is -2.31. The van der Waals surface area contributed by atoms with Gasteiger partial charge in [-0.2, -0.15) is 0 Å². The van der Waals surface area contributed by atoms with Crippen molar-refractivity contribution in [2.45, 2.75) is 46.6 Å². The summed E-state index contributed by atoms with van der Waals surface area (Å²) in [5.41, 5.74) is 1.24. The van der Waals surface area contributed by atoms with Crippen molar-refractivity contribution in [3.63, 3.8) is 0 Å². The van der Waals surface area contributed by atoms with E-state index in [1.807, 2.05) is 13.8 Å². The van der Waals surface area contributed by atoms with E-state index in [2.05, 4.69) is 25.2 Å². The van der Waals surface area contributed by atoms with Gasteiger partial charge in [0.1, 0.15) is 0 Å². The van der Waals surface area contributed by atoms with Gasteiger partial charge in [-0.1, -0.05) is 19.9 Å². The zero-order valence-electron chi connectivity index (χ0n) is 8.98. The fourth-order valence-electron chi connectivity index (χ4n) is 1.59. The van der Waals surface area contributed by atoms with Crippen LogP contribution in [0, 0.1) is 5.41 Å². The van der Waals surface area contributed by atoms with E-state index in [9.17, 15) is 4.79 Å². The second kappa shape index (κ2) is 3.52. The maximum atomic E-state index is 11.6. The van der Waals surface area contributed by atoms with Crippen molar-refractivity contribution in [2.75, 3.05) is 0 Å². The molecule has 0 aliphatic heterocycles. The number of amides is 1. The van der Waals surface area contributed by atoms with Crippen molar-refractivity contribution in [2.24, 2.45) is 5.41 Å². The van der Waals surface area contributed by atoms with Gasteiger partial charge in [0.15, 0.2) is 0 Å². The van der Waals surface area contributed by atoms with Crippen molar-refractivity contribution < 1.29 is 4.79 Å². The van der Waals surface area contributed by atoms with E-state index in [1.54, 1.807) is 0 Å². The zero-order chi connectivity index (χ0) is 10.1. The van der Waals surface area contributed by atoms with Gasteiger partial charge in [-0.25, -0.2) is 0 Å². The number of rotatable bonds is 2. The molecule has 0 aromatic rings. The minimum absolute atomic E-state index is 0.112. The molecule has 0 fully saturated rings. The minimum Gasteiger partial charge on any atom is -0.350 e. The second-order valence-corrected chi connectivity index (χ2v) is 4.90. The third-order valence-corrected chi connectivity index (χ3v) is 2.28. The average molecular weight is 181 g/mol. The van der Waals surface area contributed by atoms with E-state index < -0.39 is 0 Å². The molecule has 13 heavy (non-hydrogen) atoms. The Kier molecular flexibility index (Phi) is 2.79. The predicted molar refractivity (Wildman–Crippen MR) is 54.4 cm³/mol. The summed E-state index contributed by atoms with van der Waals surface area (Å²) < 4.78 is 0. The molecule has 0 radical (unpaired) electrons. The maximum Gasteiger partial charge on any atom is 0.247 e. The van der Waals surface area contributed by atoms with Crippen LogP contribution in [0.15, 0.2) is 11.6 Å². The zero-order valence-corrected chi connectivity index (χ0v) is 8.98. The molecule has 1 N–H and O–H groups in total. The molecule has 0 heterocycles. The molecule has 1 rings (SSSR count). The van der Waals surface area contributed by atoms with Gasteiger partial charge in [-0.05, 0) is 32.1 Å². The molecule has 1 amide bonds. The molecule has 1 aliphatic carbocycles. The van der Waals surface area contributed by atoms with Crippen LogP contribution in [0.1, 0.15) is 40.5 Å². The summed E-state index contributed by atoms with van der Waals surface area (Å²) in [6, 6.07) is 0.233. The molecule has 0 saturated carbocycles. The average Bonchev–Trinajstić information content (AvgIpc) is 2.28. The molecule has 1 aliphatic rings. The first-order chi connectivity index (χ1) is 5.91. The summed E-state index contributed by atoms with van der Waals surface area (Å²) >= 11 is 0. The maximum absolute atomic E-state index is 11.6. The Bertz CT molecular complexity index is 238. The van der Waals surface area contributed by atoms with Crippen molar-refractivity contribution in [1.82, 2.24) is 5.32 Å². The summed E-state index contributed by atoms with van der Waals surface area (Å²) in [6.07, 6.45) is 4.00. The van der Waals surface area contributed by atoms with E-state index in [0.29, 0.717) is 0 Å². The van der Waals surface area contributed by atoms with E-state index >= 15 is 0 Å². The molecule has 0 saturated heterocycles. The molecular formula is C11H19NO. The predicted octanol–water partition coefficient (Wildman–Crippen LogP) is 2.26. The SMILES string of the molecule is CC(C)NC(=O)C1=CCC(C)(C)C1. The van der Waals surface area contributed by atoms with Crippen LogP contribution in [0.25, 0.3) is 0 Å². The Labute approximate surface area is 80.4 Å². The van der Waals surface area contributed by atoms with Gasteiger partial charge in [0, 0.05) is 11.6 Å². The quantitative estimate of drug-likeness (QED) is 0.695. The molecule has 74 valence electrons. The van der Waals surface area contributed by atoms with E-state index in [4.69, 9.17) is 0 Å². The topological polar surface area (TPSA) is 29.1 Å². The highest BCUT2D eigenvalue weighted by Gasteiger charge is 2.27. The summed E-state index contributed by atoms with van der Waals surface area (Å²) in [5.74, 6) is 0.112. The minimum atomic E-state index is 0.112. The molecule has 2 heteroatoms. The fourth-order valence-corrected chi connectivity index (χ4v) is 1.59.